The second-order valence-electron chi connectivity index (χ2n) is 5.67. The summed E-state index contributed by atoms with van der Waals surface area (Å²) >= 11 is 6.01. The van der Waals surface area contributed by atoms with Gasteiger partial charge in [0.05, 0.1) is 10.6 Å². The van der Waals surface area contributed by atoms with Crippen molar-refractivity contribution in [1.29, 1.82) is 0 Å². The Bertz CT molecular complexity index is 855. The first-order valence-corrected chi connectivity index (χ1v) is 7.91. The lowest BCUT2D eigenvalue weighted by atomic mass is 10.1. The maximum absolute atomic E-state index is 12.5. The zero-order valence-electron chi connectivity index (χ0n) is 13.4. The molecule has 0 saturated heterocycles. The SMILES string of the molecule is O=C1c2c(Cl)cc(OC(F)F)cc2CN1Cc1ccc(OC(F)(F)F)cc1. The highest BCUT2D eigenvalue weighted by Gasteiger charge is 2.32. The molecule has 2 aromatic carbocycles. The highest BCUT2D eigenvalue weighted by atomic mass is 35.5. The smallest absolute Gasteiger partial charge is 0.435 e. The zero-order valence-corrected chi connectivity index (χ0v) is 14.2. The average molecular weight is 408 g/mol. The molecule has 0 unspecified atom stereocenters. The van der Waals surface area contributed by atoms with Crippen LogP contribution in [-0.4, -0.2) is 23.8 Å². The Labute approximate surface area is 155 Å². The molecule has 10 heteroatoms. The Balaban J connectivity index is 1.73. The molecule has 2 aromatic rings. The molecule has 0 bridgehead atoms. The minimum absolute atomic E-state index is 0.00965. The fraction of sp³-hybridized carbons (Fsp3) is 0.235. The van der Waals surface area contributed by atoms with Gasteiger partial charge in [0, 0.05) is 13.1 Å². The topological polar surface area (TPSA) is 38.8 Å². The Hall–Kier alpha value is -2.55. The summed E-state index contributed by atoms with van der Waals surface area (Å²) in [6.07, 6.45) is -4.79. The molecule has 0 aliphatic carbocycles. The molecule has 0 radical (unpaired) electrons. The molecule has 1 aliphatic heterocycles. The van der Waals surface area contributed by atoms with E-state index in [2.05, 4.69) is 9.47 Å². The lowest BCUT2D eigenvalue weighted by Crippen LogP contribution is -2.23. The Kier molecular flexibility index (Phi) is 5.14. The summed E-state index contributed by atoms with van der Waals surface area (Å²) in [4.78, 5) is 13.9. The molecule has 0 aromatic heterocycles. The summed E-state index contributed by atoms with van der Waals surface area (Å²) in [5.41, 5.74) is 1.18. The van der Waals surface area contributed by atoms with Crippen molar-refractivity contribution in [3.8, 4) is 11.5 Å². The summed E-state index contributed by atoms with van der Waals surface area (Å²) in [5.74, 6) is -0.939. The molecule has 1 aliphatic rings. The summed E-state index contributed by atoms with van der Waals surface area (Å²) in [5, 5.41) is -0.00965. The van der Waals surface area contributed by atoms with E-state index in [4.69, 9.17) is 11.6 Å². The monoisotopic (exact) mass is 407 g/mol. The van der Waals surface area contributed by atoms with E-state index in [-0.39, 0.29) is 35.2 Å². The van der Waals surface area contributed by atoms with Crippen LogP contribution in [-0.2, 0) is 13.1 Å². The predicted molar refractivity (Wildman–Crippen MR) is 84.8 cm³/mol. The third kappa shape index (κ3) is 4.60. The van der Waals surface area contributed by atoms with Gasteiger partial charge in [-0.15, -0.1) is 13.2 Å². The average Bonchev–Trinajstić information content (AvgIpc) is 2.83. The molecule has 0 spiro atoms. The van der Waals surface area contributed by atoms with Gasteiger partial charge in [0.1, 0.15) is 11.5 Å². The molecular weight excluding hydrogens is 397 g/mol. The van der Waals surface area contributed by atoms with E-state index in [1.807, 2.05) is 0 Å². The second-order valence-corrected chi connectivity index (χ2v) is 6.08. The molecule has 3 rings (SSSR count). The van der Waals surface area contributed by atoms with Crippen LogP contribution in [0.4, 0.5) is 22.0 Å². The Morgan fingerprint density at radius 2 is 1.78 bits per heavy atom. The molecule has 144 valence electrons. The van der Waals surface area contributed by atoms with E-state index >= 15 is 0 Å². The van der Waals surface area contributed by atoms with Gasteiger partial charge in [-0.05, 0) is 35.4 Å². The van der Waals surface area contributed by atoms with E-state index in [0.29, 0.717) is 11.1 Å². The van der Waals surface area contributed by atoms with Gasteiger partial charge in [0.25, 0.3) is 5.91 Å². The van der Waals surface area contributed by atoms with Gasteiger partial charge in [-0.1, -0.05) is 23.7 Å². The number of hydrogen-bond donors (Lipinski definition) is 0. The number of halogens is 6. The van der Waals surface area contributed by atoms with Crippen LogP contribution in [0.5, 0.6) is 11.5 Å². The molecule has 1 amide bonds. The first-order valence-electron chi connectivity index (χ1n) is 7.53. The zero-order chi connectivity index (χ0) is 19.8. The number of ether oxygens (including phenoxy) is 2. The van der Waals surface area contributed by atoms with Gasteiger partial charge < -0.3 is 14.4 Å². The van der Waals surface area contributed by atoms with Crippen LogP contribution in [0.2, 0.25) is 5.02 Å². The highest BCUT2D eigenvalue weighted by Crippen LogP contribution is 2.34. The van der Waals surface area contributed by atoms with E-state index in [1.54, 1.807) is 0 Å². The fourth-order valence-corrected chi connectivity index (χ4v) is 3.06. The van der Waals surface area contributed by atoms with Gasteiger partial charge >= 0.3 is 13.0 Å². The van der Waals surface area contributed by atoms with Crippen molar-refractivity contribution in [3.05, 3.63) is 58.1 Å². The molecule has 0 saturated carbocycles. The maximum Gasteiger partial charge on any atom is 0.573 e. The minimum atomic E-state index is -4.79. The Morgan fingerprint density at radius 3 is 2.37 bits per heavy atom. The molecule has 0 fully saturated rings. The summed E-state index contributed by atoms with van der Waals surface area (Å²) in [7, 11) is 0. The summed E-state index contributed by atoms with van der Waals surface area (Å²) < 4.78 is 69.3. The number of rotatable bonds is 5. The largest absolute Gasteiger partial charge is 0.573 e. The second kappa shape index (κ2) is 7.22. The lowest BCUT2D eigenvalue weighted by Gasteiger charge is -2.16. The van der Waals surface area contributed by atoms with Crippen LogP contribution in [0.15, 0.2) is 36.4 Å². The number of nitrogens with zero attached hydrogens (tertiary/aromatic N) is 1. The van der Waals surface area contributed by atoms with Crippen LogP contribution < -0.4 is 9.47 Å². The number of benzene rings is 2. The number of hydrogen-bond acceptors (Lipinski definition) is 3. The first kappa shape index (κ1) is 19.2. The molecule has 1 heterocycles. The lowest BCUT2D eigenvalue weighted by molar-refractivity contribution is -0.274. The van der Waals surface area contributed by atoms with Crippen LogP contribution in [0.25, 0.3) is 0 Å². The van der Waals surface area contributed by atoms with Crippen molar-refractivity contribution in [1.82, 2.24) is 4.90 Å². The molecule has 4 nitrogen and oxygen atoms in total. The third-order valence-electron chi connectivity index (χ3n) is 3.76. The number of fused-ring (bicyclic) bond motifs is 1. The predicted octanol–water partition coefficient (Wildman–Crippen LogP) is 5.00. The number of carbonyl (C=O) groups is 1. The molecule has 27 heavy (non-hydrogen) atoms. The van der Waals surface area contributed by atoms with E-state index in [1.165, 1.54) is 23.1 Å². The summed E-state index contributed by atoms with van der Waals surface area (Å²) in [6, 6.07) is 7.51. The van der Waals surface area contributed by atoms with Gasteiger partial charge in [0.2, 0.25) is 0 Å². The van der Waals surface area contributed by atoms with Crippen LogP contribution >= 0.6 is 11.6 Å². The number of alkyl halides is 5. The van der Waals surface area contributed by atoms with Crippen LogP contribution in [0.1, 0.15) is 21.5 Å². The highest BCUT2D eigenvalue weighted by molar-refractivity contribution is 6.34. The van der Waals surface area contributed by atoms with Crippen molar-refractivity contribution < 1.29 is 36.2 Å². The molecular formula is C17H11ClF5NO3. The Morgan fingerprint density at radius 1 is 1.11 bits per heavy atom. The van der Waals surface area contributed by atoms with Gasteiger partial charge in [0.15, 0.2) is 0 Å². The van der Waals surface area contributed by atoms with Gasteiger partial charge in [-0.3, -0.25) is 4.79 Å². The fourth-order valence-electron chi connectivity index (χ4n) is 2.75. The normalized spacial score (nSPS) is 13.9. The van der Waals surface area contributed by atoms with E-state index < -0.39 is 18.9 Å². The van der Waals surface area contributed by atoms with E-state index in [0.717, 1.165) is 18.2 Å². The minimum Gasteiger partial charge on any atom is -0.435 e. The van der Waals surface area contributed by atoms with Crippen molar-refractivity contribution in [3.63, 3.8) is 0 Å². The maximum atomic E-state index is 12.5. The van der Waals surface area contributed by atoms with Crippen molar-refractivity contribution in [2.75, 3.05) is 0 Å². The summed E-state index contributed by atoms with van der Waals surface area (Å²) in [6.45, 7) is -2.82. The van der Waals surface area contributed by atoms with Crippen molar-refractivity contribution in [2.24, 2.45) is 0 Å². The van der Waals surface area contributed by atoms with Gasteiger partial charge in [-0.2, -0.15) is 8.78 Å². The number of amides is 1. The first-order chi connectivity index (χ1) is 12.6. The van der Waals surface area contributed by atoms with Crippen LogP contribution in [0, 0.1) is 0 Å². The quantitative estimate of drug-likeness (QED) is 0.655. The molecule has 0 N–H and O–H groups in total. The molecule has 0 atom stereocenters. The standard InChI is InChI=1S/C17H11ClF5NO3/c18-13-6-12(26-16(19)20)5-10-8-24(15(25)14(10)13)7-9-1-3-11(4-2-9)27-17(21,22)23/h1-6,16H,7-8H2. The van der Waals surface area contributed by atoms with Crippen LogP contribution in [0.3, 0.4) is 0 Å². The number of carbonyl (C=O) groups excluding carboxylic acids is 1. The van der Waals surface area contributed by atoms with Gasteiger partial charge in [-0.25, -0.2) is 0 Å². The van der Waals surface area contributed by atoms with Crippen molar-refractivity contribution >= 4 is 17.5 Å². The third-order valence-corrected chi connectivity index (χ3v) is 4.06. The van der Waals surface area contributed by atoms with Crippen molar-refractivity contribution in [2.45, 2.75) is 26.1 Å². The van der Waals surface area contributed by atoms with E-state index in [9.17, 15) is 26.7 Å².